The highest BCUT2D eigenvalue weighted by Crippen LogP contribution is 2.24. The first-order valence-electron chi connectivity index (χ1n) is 9.14. The molecule has 2 heterocycles. The lowest BCUT2D eigenvalue weighted by molar-refractivity contribution is 0.0944. The smallest absolute Gasteiger partial charge is 0.272 e. The zero-order valence-electron chi connectivity index (χ0n) is 16.5. The number of hydrogen-bond donors (Lipinski definition) is 1. The molecule has 1 aromatic carbocycles. The Bertz CT molecular complexity index is 919. The van der Waals surface area contributed by atoms with Crippen molar-refractivity contribution in [1.82, 2.24) is 20.1 Å². The quantitative estimate of drug-likeness (QED) is 0.688. The van der Waals surface area contributed by atoms with Crippen LogP contribution in [-0.2, 0) is 12.1 Å². The summed E-state index contributed by atoms with van der Waals surface area (Å²) in [6.45, 7) is 10.9. The van der Waals surface area contributed by atoms with E-state index in [9.17, 15) is 4.79 Å². The molecule has 0 aliphatic carbocycles. The minimum atomic E-state index is -0.170. The average molecular weight is 383 g/mol. The van der Waals surface area contributed by atoms with Gasteiger partial charge in [0.15, 0.2) is 0 Å². The first-order chi connectivity index (χ1) is 12.8. The van der Waals surface area contributed by atoms with Crippen molar-refractivity contribution < 1.29 is 4.79 Å². The highest BCUT2D eigenvalue weighted by atomic mass is 32.1. The zero-order chi connectivity index (χ0) is 19.6. The summed E-state index contributed by atoms with van der Waals surface area (Å²) in [4.78, 5) is 17.2. The zero-order valence-corrected chi connectivity index (χ0v) is 17.3. The lowest BCUT2D eigenvalue weighted by Gasteiger charge is -2.23. The van der Waals surface area contributed by atoms with Crippen LogP contribution in [0.25, 0.3) is 11.3 Å². The second-order valence-electron chi connectivity index (χ2n) is 7.87. The Kier molecular flexibility index (Phi) is 5.46. The summed E-state index contributed by atoms with van der Waals surface area (Å²) in [6, 6.07) is 11.9. The normalized spacial score (nSPS) is 11.8. The SMILES string of the molecule is CC(C)c1cc(C(=O)NCc2nc(-c3ccccc3)cs2)nn1C(C)(C)C. The second kappa shape index (κ2) is 7.64. The van der Waals surface area contributed by atoms with Crippen LogP contribution in [0.1, 0.15) is 61.7 Å². The minimum absolute atomic E-state index is 0.169. The fourth-order valence-corrected chi connectivity index (χ4v) is 3.58. The van der Waals surface area contributed by atoms with Crippen molar-refractivity contribution in [2.75, 3.05) is 0 Å². The molecule has 0 fully saturated rings. The van der Waals surface area contributed by atoms with E-state index in [0.717, 1.165) is 22.0 Å². The number of nitrogens with zero attached hydrogens (tertiary/aromatic N) is 3. The van der Waals surface area contributed by atoms with Gasteiger partial charge in [0.25, 0.3) is 5.91 Å². The minimum Gasteiger partial charge on any atom is -0.344 e. The summed E-state index contributed by atoms with van der Waals surface area (Å²) in [6.07, 6.45) is 0. The lowest BCUT2D eigenvalue weighted by Crippen LogP contribution is -2.27. The van der Waals surface area contributed by atoms with Crippen molar-refractivity contribution in [2.24, 2.45) is 0 Å². The van der Waals surface area contributed by atoms with Gasteiger partial charge in [-0.15, -0.1) is 11.3 Å². The van der Waals surface area contributed by atoms with Gasteiger partial charge in [0.2, 0.25) is 0 Å². The van der Waals surface area contributed by atoms with E-state index in [1.165, 1.54) is 0 Å². The fraction of sp³-hybridized carbons (Fsp3) is 0.381. The maximum Gasteiger partial charge on any atom is 0.272 e. The summed E-state index contributed by atoms with van der Waals surface area (Å²) in [5, 5.41) is 10.4. The Morgan fingerprint density at radius 2 is 1.93 bits per heavy atom. The first kappa shape index (κ1) is 19.3. The van der Waals surface area contributed by atoms with Crippen LogP contribution in [0.2, 0.25) is 0 Å². The van der Waals surface area contributed by atoms with Crippen molar-refractivity contribution >= 4 is 17.2 Å². The molecule has 2 aromatic heterocycles. The van der Waals surface area contributed by atoms with Gasteiger partial charge < -0.3 is 5.32 Å². The third kappa shape index (κ3) is 4.45. The molecule has 3 rings (SSSR count). The fourth-order valence-electron chi connectivity index (χ4n) is 2.84. The molecule has 6 heteroatoms. The molecule has 1 amide bonds. The molecule has 0 radical (unpaired) electrons. The molecule has 0 aliphatic heterocycles. The molecule has 142 valence electrons. The van der Waals surface area contributed by atoms with E-state index in [-0.39, 0.29) is 11.4 Å². The molecule has 0 saturated carbocycles. The molecule has 27 heavy (non-hydrogen) atoms. The lowest BCUT2D eigenvalue weighted by atomic mass is 10.1. The molecule has 3 aromatic rings. The summed E-state index contributed by atoms with van der Waals surface area (Å²) in [7, 11) is 0. The van der Waals surface area contributed by atoms with Gasteiger partial charge in [-0.2, -0.15) is 5.10 Å². The topological polar surface area (TPSA) is 59.8 Å². The Hall–Kier alpha value is -2.47. The van der Waals surface area contributed by atoms with Crippen LogP contribution in [0.3, 0.4) is 0 Å². The average Bonchev–Trinajstić information content (AvgIpc) is 3.27. The summed E-state index contributed by atoms with van der Waals surface area (Å²) in [5.74, 6) is 0.127. The maximum absolute atomic E-state index is 12.6. The van der Waals surface area contributed by atoms with Crippen LogP contribution >= 0.6 is 11.3 Å². The van der Waals surface area contributed by atoms with Gasteiger partial charge in [-0.05, 0) is 32.8 Å². The predicted octanol–water partition coefficient (Wildman–Crippen LogP) is 4.82. The van der Waals surface area contributed by atoms with Gasteiger partial charge in [-0.1, -0.05) is 44.2 Å². The first-order valence-corrected chi connectivity index (χ1v) is 10.0. The number of carbonyl (C=O) groups is 1. The van der Waals surface area contributed by atoms with Crippen molar-refractivity contribution in [3.8, 4) is 11.3 Å². The number of nitrogens with one attached hydrogen (secondary N) is 1. The van der Waals surface area contributed by atoms with Crippen molar-refractivity contribution in [3.05, 3.63) is 58.2 Å². The van der Waals surface area contributed by atoms with E-state index in [1.54, 1.807) is 11.3 Å². The summed E-state index contributed by atoms with van der Waals surface area (Å²) in [5.41, 5.74) is 3.36. The van der Waals surface area contributed by atoms with E-state index in [2.05, 4.69) is 50.0 Å². The van der Waals surface area contributed by atoms with Gasteiger partial charge in [0, 0.05) is 16.6 Å². The van der Waals surface area contributed by atoms with Gasteiger partial charge in [0.05, 0.1) is 17.8 Å². The van der Waals surface area contributed by atoms with Crippen molar-refractivity contribution in [2.45, 2.75) is 52.6 Å². The second-order valence-corrected chi connectivity index (χ2v) is 8.81. The molecule has 0 unspecified atom stereocenters. The number of thiazole rings is 1. The molecule has 0 bridgehead atoms. The molecule has 0 saturated heterocycles. The van der Waals surface area contributed by atoms with E-state index in [1.807, 2.05) is 46.5 Å². The van der Waals surface area contributed by atoms with Crippen LogP contribution in [-0.4, -0.2) is 20.7 Å². The molecule has 0 spiro atoms. The van der Waals surface area contributed by atoms with Gasteiger partial charge in [0.1, 0.15) is 10.7 Å². The Balaban J connectivity index is 1.71. The van der Waals surface area contributed by atoms with Gasteiger partial charge in [-0.25, -0.2) is 4.98 Å². The van der Waals surface area contributed by atoms with E-state index < -0.39 is 0 Å². The number of amides is 1. The highest BCUT2D eigenvalue weighted by Gasteiger charge is 2.23. The number of aromatic nitrogens is 3. The summed E-state index contributed by atoms with van der Waals surface area (Å²) >= 11 is 1.55. The standard InChI is InChI=1S/C21H26N4OS/c1-14(2)18-11-16(24-25(18)21(3,4)5)20(26)22-12-19-23-17(13-27-19)15-9-7-6-8-10-15/h6-11,13-14H,12H2,1-5H3,(H,22,26). The predicted molar refractivity (Wildman–Crippen MR) is 110 cm³/mol. The van der Waals surface area contributed by atoms with Crippen molar-refractivity contribution in [3.63, 3.8) is 0 Å². The van der Waals surface area contributed by atoms with Crippen LogP contribution in [0.4, 0.5) is 0 Å². The number of carbonyl (C=O) groups excluding carboxylic acids is 1. The molecular formula is C21H26N4OS. The molecule has 0 aliphatic rings. The number of rotatable bonds is 5. The highest BCUT2D eigenvalue weighted by molar-refractivity contribution is 7.09. The van der Waals surface area contributed by atoms with E-state index in [0.29, 0.717) is 18.2 Å². The van der Waals surface area contributed by atoms with E-state index >= 15 is 0 Å². The Morgan fingerprint density at radius 1 is 1.22 bits per heavy atom. The maximum atomic E-state index is 12.6. The molecule has 0 atom stereocenters. The molecule has 1 N–H and O–H groups in total. The third-order valence-electron chi connectivity index (χ3n) is 4.22. The molecule has 5 nitrogen and oxygen atoms in total. The van der Waals surface area contributed by atoms with Gasteiger partial charge in [-0.3, -0.25) is 9.48 Å². The largest absolute Gasteiger partial charge is 0.344 e. The van der Waals surface area contributed by atoms with Crippen LogP contribution in [0.5, 0.6) is 0 Å². The Morgan fingerprint density at radius 3 is 2.52 bits per heavy atom. The Labute approximate surface area is 164 Å². The number of benzene rings is 1. The van der Waals surface area contributed by atoms with Crippen LogP contribution in [0, 0.1) is 0 Å². The van der Waals surface area contributed by atoms with Crippen LogP contribution in [0.15, 0.2) is 41.8 Å². The van der Waals surface area contributed by atoms with E-state index in [4.69, 9.17) is 0 Å². The third-order valence-corrected chi connectivity index (χ3v) is 5.07. The summed E-state index contributed by atoms with van der Waals surface area (Å²) < 4.78 is 1.95. The van der Waals surface area contributed by atoms with Crippen molar-refractivity contribution in [1.29, 1.82) is 0 Å². The van der Waals surface area contributed by atoms with Crippen LogP contribution < -0.4 is 5.32 Å². The van der Waals surface area contributed by atoms with Gasteiger partial charge >= 0.3 is 0 Å². The molecular weight excluding hydrogens is 356 g/mol. The monoisotopic (exact) mass is 382 g/mol. The number of hydrogen-bond acceptors (Lipinski definition) is 4.